The van der Waals surface area contributed by atoms with Crippen molar-refractivity contribution < 1.29 is 9.90 Å². The maximum atomic E-state index is 11.4. The minimum atomic E-state index is -0.823. The fourth-order valence-corrected chi connectivity index (χ4v) is 3.60. The minimum Gasteiger partial charge on any atom is -0.481 e. The monoisotopic (exact) mass is 426 g/mol. The summed E-state index contributed by atoms with van der Waals surface area (Å²) in [7, 11) is 0. The van der Waals surface area contributed by atoms with Crippen molar-refractivity contribution in [2.45, 2.75) is 26.7 Å². The van der Waals surface area contributed by atoms with Gasteiger partial charge in [-0.2, -0.15) is 0 Å². The van der Waals surface area contributed by atoms with Gasteiger partial charge < -0.3 is 10.0 Å². The molecule has 0 aromatic heterocycles. The van der Waals surface area contributed by atoms with E-state index in [4.69, 9.17) is 4.99 Å². The van der Waals surface area contributed by atoms with E-state index in [1.165, 1.54) is 5.56 Å². The van der Waals surface area contributed by atoms with Crippen molar-refractivity contribution in [2.24, 2.45) is 4.99 Å². The summed E-state index contributed by atoms with van der Waals surface area (Å²) in [4.78, 5) is 18.4. The maximum absolute atomic E-state index is 11.4. The second-order valence-electron chi connectivity index (χ2n) is 7.93. The molecule has 0 heterocycles. The highest BCUT2D eigenvalue weighted by Gasteiger charge is 2.18. The van der Waals surface area contributed by atoms with Crippen molar-refractivity contribution in [1.29, 1.82) is 0 Å². The molecule has 0 aliphatic rings. The molecule has 0 aliphatic heterocycles. The highest BCUT2D eigenvalue weighted by Crippen LogP contribution is 2.20. The van der Waals surface area contributed by atoms with Crippen LogP contribution in [-0.2, 0) is 11.2 Å². The summed E-state index contributed by atoms with van der Waals surface area (Å²) in [6, 6.07) is 26.4. The number of carboxylic acids is 1. The van der Waals surface area contributed by atoms with E-state index in [9.17, 15) is 9.90 Å². The number of aryl methyl sites for hydroxylation is 2. The Labute approximate surface area is 190 Å². The van der Waals surface area contributed by atoms with Gasteiger partial charge in [0.25, 0.3) is 0 Å². The molecule has 32 heavy (non-hydrogen) atoms. The van der Waals surface area contributed by atoms with Gasteiger partial charge in [0.05, 0.1) is 12.1 Å². The molecule has 0 saturated heterocycles. The molecule has 0 fully saturated rings. The van der Waals surface area contributed by atoms with Crippen LogP contribution >= 0.6 is 0 Å². The average molecular weight is 427 g/mol. The Morgan fingerprint density at radius 2 is 1.66 bits per heavy atom. The molecule has 0 saturated carbocycles. The normalized spacial score (nSPS) is 11.2. The maximum Gasteiger partial charge on any atom is 0.305 e. The van der Waals surface area contributed by atoms with Gasteiger partial charge >= 0.3 is 5.97 Å². The Hall–Kier alpha value is -3.66. The van der Waals surface area contributed by atoms with Crippen LogP contribution in [0.4, 0.5) is 0 Å². The topological polar surface area (TPSA) is 52.9 Å². The average Bonchev–Trinajstić information content (AvgIpc) is 2.79. The summed E-state index contributed by atoms with van der Waals surface area (Å²) < 4.78 is 0. The first kappa shape index (κ1) is 23.0. The second-order valence-corrected chi connectivity index (χ2v) is 7.93. The highest BCUT2D eigenvalue weighted by molar-refractivity contribution is 6.02. The zero-order valence-corrected chi connectivity index (χ0v) is 18.8. The first-order valence-electron chi connectivity index (χ1n) is 10.9. The van der Waals surface area contributed by atoms with Crippen LogP contribution in [0.5, 0.6) is 0 Å². The number of aliphatic imine (C=N–C) groups is 1. The standard InChI is InChI=1S/C28H30N2O2/c1-21-10-9-14-25(20-21)23(3)29-28(26-15-8-7-11-22(26)2)30(19-17-27(31)32)18-16-24-12-5-4-6-13-24/h4-15,20H,3,16-19H2,1-2H3,(H,31,32). The SMILES string of the molecule is C=C(N=C(c1ccccc1C)N(CCC(=O)O)CCc1ccccc1)c1cccc(C)c1. The van der Waals surface area contributed by atoms with E-state index >= 15 is 0 Å². The summed E-state index contributed by atoms with van der Waals surface area (Å²) in [5.41, 5.74) is 6.03. The van der Waals surface area contributed by atoms with E-state index in [2.05, 4.69) is 29.7 Å². The van der Waals surface area contributed by atoms with Crippen LogP contribution < -0.4 is 0 Å². The number of hydrogen-bond acceptors (Lipinski definition) is 2. The molecule has 3 rings (SSSR count). The van der Waals surface area contributed by atoms with Crippen molar-refractivity contribution in [3.05, 3.63) is 113 Å². The summed E-state index contributed by atoms with van der Waals surface area (Å²) in [5.74, 6) is -0.0665. The van der Waals surface area contributed by atoms with Gasteiger partial charge in [0, 0.05) is 18.7 Å². The molecule has 0 aliphatic carbocycles. The molecule has 0 unspecified atom stereocenters. The van der Waals surface area contributed by atoms with E-state index in [1.54, 1.807) is 0 Å². The van der Waals surface area contributed by atoms with Crippen LogP contribution in [0, 0.1) is 13.8 Å². The van der Waals surface area contributed by atoms with Crippen LogP contribution in [0.2, 0.25) is 0 Å². The predicted octanol–water partition coefficient (Wildman–Crippen LogP) is 5.74. The molecule has 3 aromatic rings. The molecule has 0 bridgehead atoms. The molecule has 0 spiro atoms. The lowest BCUT2D eigenvalue weighted by Crippen LogP contribution is -2.36. The molecular weight excluding hydrogens is 396 g/mol. The van der Waals surface area contributed by atoms with Crippen molar-refractivity contribution in [2.75, 3.05) is 13.1 Å². The van der Waals surface area contributed by atoms with Gasteiger partial charge in [-0.25, -0.2) is 4.99 Å². The molecule has 4 heteroatoms. The molecular formula is C28H30N2O2. The lowest BCUT2D eigenvalue weighted by Gasteiger charge is -2.27. The number of nitrogens with zero attached hydrogens (tertiary/aromatic N) is 2. The first-order chi connectivity index (χ1) is 15.4. The Morgan fingerprint density at radius 1 is 0.938 bits per heavy atom. The van der Waals surface area contributed by atoms with E-state index in [0.717, 1.165) is 34.5 Å². The largest absolute Gasteiger partial charge is 0.481 e. The molecule has 4 nitrogen and oxygen atoms in total. The fourth-order valence-electron chi connectivity index (χ4n) is 3.60. The van der Waals surface area contributed by atoms with Crippen LogP contribution in [0.3, 0.4) is 0 Å². The predicted molar refractivity (Wildman–Crippen MR) is 132 cm³/mol. The number of amidine groups is 1. The van der Waals surface area contributed by atoms with Gasteiger partial charge in [-0.05, 0) is 43.0 Å². The van der Waals surface area contributed by atoms with Crippen LogP contribution in [-0.4, -0.2) is 34.9 Å². The number of carbonyl (C=O) groups is 1. The Bertz CT molecular complexity index is 1100. The van der Waals surface area contributed by atoms with Crippen molar-refractivity contribution >= 4 is 17.5 Å². The summed E-state index contributed by atoms with van der Waals surface area (Å²) >= 11 is 0. The van der Waals surface area contributed by atoms with Gasteiger partial charge in [-0.15, -0.1) is 0 Å². The van der Waals surface area contributed by atoms with E-state index in [0.29, 0.717) is 18.8 Å². The van der Waals surface area contributed by atoms with Gasteiger partial charge in [-0.1, -0.05) is 84.9 Å². The van der Waals surface area contributed by atoms with Gasteiger partial charge in [0.15, 0.2) is 0 Å². The molecule has 3 aromatic carbocycles. The number of carboxylic acid groups (broad SMARTS) is 1. The Kier molecular flexibility index (Phi) is 7.98. The highest BCUT2D eigenvalue weighted by atomic mass is 16.4. The molecule has 0 amide bonds. The van der Waals surface area contributed by atoms with E-state index < -0.39 is 5.97 Å². The van der Waals surface area contributed by atoms with Crippen molar-refractivity contribution in [3.8, 4) is 0 Å². The summed E-state index contributed by atoms with van der Waals surface area (Å²) in [6.07, 6.45) is 0.832. The van der Waals surface area contributed by atoms with Gasteiger partial charge in [-0.3, -0.25) is 4.79 Å². The second kappa shape index (κ2) is 11.1. The zero-order valence-electron chi connectivity index (χ0n) is 18.8. The minimum absolute atomic E-state index is 0.0383. The molecule has 1 N–H and O–H groups in total. The molecule has 0 radical (unpaired) electrons. The van der Waals surface area contributed by atoms with Crippen LogP contribution in [0.1, 0.15) is 34.2 Å². The third-order valence-electron chi connectivity index (χ3n) is 5.39. The molecule has 0 atom stereocenters. The summed E-state index contributed by atoms with van der Waals surface area (Å²) in [6.45, 7) is 9.35. The fraction of sp³-hybridized carbons (Fsp3) is 0.214. The number of hydrogen-bond donors (Lipinski definition) is 1. The lowest BCUT2D eigenvalue weighted by atomic mass is 10.1. The Morgan fingerprint density at radius 3 is 2.34 bits per heavy atom. The molecule has 164 valence electrons. The zero-order chi connectivity index (χ0) is 22.9. The van der Waals surface area contributed by atoms with Gasteiger partial charge in [0.2, 0.25) is 0 Å². The first-order valence-corrected chi connectivity index (χ1v) is 10.9. The van der Waals surface area contributed by atoms with E-state index in [-0.39, 0.29) is 6.42 Å². The third kappa shape index (κ3) is 6.42. The quantitative estimate of drug-likeness (QED) is 0.351. The van der Waals surface area contributed by atoms with Crippen molar-refractivity contribution in [1.82, 2.24) is 4.90 Å². The number of benzene rings is 3. The van der Waals surface area contributed by atoms with Gasteiger partial charge in [0.1, 0.15) is 5.84 Å². The summed E-state index contributed by atoms with van der Waals surface area (Å²) in [5, 5.41) is 9.36. The van der Waals surface area contributed by atoms with Crippen LogP contribution in [0.25, 0.3) is 5.70 Å². The Balaban J connectivity index is 2.00. The van der Waals surface area contributed by atoms with Crippen LogP contribution in [0.15, 0.2) is 90.4 Å². The third-order valence-corrected chi connectivity index (χ3v) is 5.39. The number of rotatable bonds is 9. The smallest absolute Gasteiger partial charge is 0.305 e. The lowest BCUT2D eigenvalue weighted by molar-refractivity contribution is -0.137. The van der Waals surface area contributed by atoms with Crippen molar-refractivity contribution in [3.63, 3.8) is 0 Å². The number of aliphatic carboxylic acids is 1. The van der Waals surface area contributed by atoms with E-state index in [1.807, 2.05) is 74.5 Å².